The molecule has 0 aromatic carbocycles. The summed E-state index contributed by atoms with van der Waals surface area (Å²) in [5.41, 5.74) is 0. The van der Waals surface area contributed by atoms with Gasteiger partial charge in [0.15, 0.2) is 0 Å². The first kappa shape index (κ1) is 44.8. The second kappa shape index (κ2) is 36.4. The van der Waals surface area contributed by atoms with Crippen LogP contribution in [-0.2, 0) is 15.2 Å². The van der Waals surface area contributed by atoms with E-state index in [1.54, 1.807) is 0 Å². The second-order valence-electron chi connectivity index (χ2n) is 0.502. The van der Waals surface area contributed by atoms with Crippen molar-refractivity contribution in [2.75, 3.05) is 0 Å². The Balaban J connectivity index is -0.00000000993. The fourth-order valence-electron chi connectivity index (χ4n) is 0. The van der Waals surface area contributed by atoms with E-state index in [1.165, 1.54) is 0 Å². The summed E-state index contributed by atoms with van der Waals surface area (Å²) in [5, 5.41) is 0. The van der Waals surface area contributed by atoms with Crippen molar-refractivity contribution in [3.63, 3.8) is 0 Å². The quantitative estimate of drug-likeness (QED) is 0.187. The molecule has 0 fully saturated rings. The molecule has 0 bridgehead atoms. The molecule has 0 unspecified atom stereocenters. The Hall–Kier alpha value is 1.73. The zero-order valence-electron chi connectivity index (χ0n) is 7.46. The zero-order chi connectivity index (χ0) is 9.21. The van der Waals surface area contributed by atoms with Crippen LogP contribution in [0.4, 0.5) is 0 Å². The van der Waals surface area contributed by atoms with Gasteiger partial charge in [0.25, 0.3) is 0 Å². The largest absolute Gasteiger partial charge is 1.00 e. The van der Waals surface area contributed by atoms with Crippen LogP contribution in [0.1, 0.15) is 0 Å². The molecule has 0 aromatic heterocycles. The summed E-state index contributed by atoms with van der Waals surface area (Å²) in [7, 11) is -4.92. The maximum absolute atomic E-state index is 8.63. The molecule has 0 spiro atoms. The van der Waals surface area contributed by atoms with Gasteiger partial charge >= 0.3 is 59.1 Å². The molecule has 0 aromatic rings. The van der Waals surface area contributed by atoms with E-state index in [4.69, 9.17) is 31.4 Å². The topological polar surface area (TPSA) is 201 Å². The third-order valence-corrected chi connectivity index (χ3v) is 0. The minimum absolute atomic E-state index is 0. The number of hydrogen-bond donors (Lipinski definition) is 2. The van der Waals surface area contributed by atoms with Gasteiger partial charge in [-0.05, 0) is 0 Å². The third kappa shape index (κ3) is 743. The summed E-state index contributed by atoms with van der Waals surface area (Å²) >= 11 is -0.500. The van der Waals surface area contributed by atoms with Crippen molar-refractivity contribution >= 4 is 29.5 Å². The van der Waals surface area contributed by atoms with Crippen LogP contribution in [0.2, 0.25) is 0 Å². The Labute approximate surface area is 129 Å². The van der Waals surface area contributed by atoms with Crippen molar-refractivity contribution in [2.24, 2.45) is 0 Å². The van der Waals surface area contributed by atoms with Crippen molar-refractivity contribution in [2.45, 2.75) is 0 Å². The number of rotatable bonds is 0. The first-order chi connectivity index (χ1) is 4.41. The molecule has 0 saturated carbocycles. The molecule has 0 aliphatic heterocycles. The van der Waals surface area contributed by atoms with Gasteiger partial charge in [-0.2, -0.15) is 0 Å². The van der Waals surface area contributed by atoms with E-state index in [0.29, 0.717) is 0 Å². The minimum Gasteiger partial charge on any atom is -0.776 e. The first-order valence-electron chi connectivity index (χ1n) is 1.32. The van der Waals surface area contributed by atoms with Gasteiger partial charge in [-0.25, -0.2) is 8.42 Å². The van der Waals surface area contributed by atoms with Gasteiger partial charge in [-0.15, -0.1) is 12.3 Å². The number of carbonyl (C=O) groups is 1. The molecule has 0 aliphatic carbocycles. The maximum atomic E-state index is 8.63. The van der Waals surface area contributed by atoms with Crippen molar-refractivity contribution in [1.82, 2.24) is 0 Å². The van der Waals surface area contributed by atoms with E-state index in [9.17, 15) is 0 Å². The van der Waals surface area contributed by atoms with E-state index in [-0.39, 0.29) is 70.1 Å². The summed E-state index contributed by atoms with van der Waals surface area (Å²) < 4.78 is 48.2. The molecule has 0 radical (unpaired) electrons. The summed E-state index contributed by atoms with van der Waals surface area (Å²) in [5.74, 6) is 0. The van der Waals surface area contributed by atoms with E-state index in [1.807, 2.05) is 6.79 Å². The standard InChI is InChI=1S/CH2O.2Na.H2O4S.H2O2S.2H2O/c1-2;;;1-5(2,3)4;1-3-2;;/h1H2;;;(H2,1,2,3,4);1-2H;2*1H2/q;2*+1;;;;/p-2. The summed E-state index contributed by atoms with van der Waals surface area (Å²) in [6.07, 6.45) is 0. The summed E-state index contributed by atoms with van der Waals surface area (Å²) in [4.78, 5) is 8.00. The molecular weight excluding hydrogens is 266 g/mol. The number of carbonyl (C=O) groups excluding carboxylic acids is 1. The molecule has 13 heteroatoms. The van der Waals surface area contributed by atoms with E-state index in [2.05, 4.69) is 0 Å². The van der Waals surface area contributed by atoms with E-state index in [0.717, 1.165) is 0 Å². The van der Waals surface area contributed by atoms with Crippen LogP contribution >= 0.6 is 12.3 Å². The van der Waals surface area contributed by atoms with Crippen LogP contribution in [0.15, 0.2) is 0 Å². The molecule has 0 amide bonds. The Kier molecular flexibility index (Phi) is 117. The average molecular weight is 274 g/mol. The Morgan fingerprint density at radius 3 is 1.14 bits per heavy atom. The number of hydrogen-bond acceptors (Lipinski definition) is 7. The minimum atomic E-state index is -4.92. The van der Waals surface area contributed by atoms with Crippen LogP contribution in [0.5, 0.6) is 0 Å². The van der Waals surface area contributed by atoms with Crippen LogP contribution < -0.4 is 59.1 Å². The van der Waals surface area contributed by atoms with Gasteiger partial charge in [-0.1, -0.05) is 0 Å². The molecule has 0 saturated heterocycles. The van der Waals surface area contributed by atoms with Gasteiger partial charge in [0.1, 0.15) is 6.79 Å². The average Bonchev–Trinajstić information content (AvgIpc) is 1.68. The molecule has 0 atom stereocenters. The van der Waals surface area contributed by atoms with Crippen LogP contribution in [-0.4, -0.2) is 44.4 Å². The van der Waals surface area contributed by atoms with Crippen LogP contribution in [0.3, 0.4) is 0 Å². The fraction of sp³-hybridized carbons (Fsp3) is 0. The fourth-order valence-corrected chi connectivity index (χ4v) is 0. The van der Waals surface area contributed by atoms with Gasteiger partial charge in [-0.3, -0.25) is 4.55 Å². The molecule has 9 nitrogen and oxygen atoms in total. The SMILES string of the molecule is C=O.O.O.O=S(=O)([O-])O.[Na+].[Na+].[O-]SO. The van der Waals surface area contributed by atoms with Gasteiger partial charge in [0, 0.05) is 0 Å². The van der Waals surface area contributed by atoms with Gasteiger partial charge in [0.2, 0.25) is 10.4 Å². The van der Waals surface area contributed by atoms with E-state index < -0.39 is 22.7 Å². The van der Waals surface area contributed by atoms with Crippen molar-refractivity contribution in [1.29, 1.82) is 0 Å². The van der Waals surface area contributed by atoms with Crippen molar-refractivity contribution in [3.05, 3.63) is 0 Å². The zero-order valence-corrected chi connectivity index (χ0v) is 13.1. The van der Waals surface area contributed by atoms with Crippen molar-refractivity contribution < 1.29 is 101 Å². The summed E-state index contributed by atoms with van der Waals surface area (Å²) in [6.45, 7) is 2.00. The van der Waals surface area contributed by atoms with Crippen LogP contribution in [0, 0.1) is 0 Å². The smallest absolute Gasteiger partial charge is 0.776 e. The summed E-state index contributed by atoms with van der Waals surface area (Å²) in [6, 6.07) is 0. The Bertz CT molecular complexity index is 126. The molecule has 0 rings (SSSR count). The third-order valence-electron chi connectivity index (χ3n) is 0. The predicted octanol–water partition coefficient (Wildman–Crippen LogP) is -8.50. The molecule has 80 valence electrons. The van der Waals surface area contributed by atoms with Gasteiger partial charge < -0.3 is 29.4 Å². The monoisotopic (exact) mass is 274 g/mol. The van der Waals surface area contributed by atoms with Gasteiger partial charge in [0.05, 0.1) is 0 Å². The molecular formula is CH8Na2O9S2. The Morgan fingerprint density at radius 1 is 1.14 bits per heavy atom. The molecule has 14 heavy (non-hydrogen) atoms. The van der Waals surface area contributed by atoms with Crippen LogP contribution in [0.25, 0.3) is 0 Å². The molecule has 0 heterocycles. The van der Waals surface area contributed by atoms with E-state index >= 15 is 0 Å². The predicted molar refractivity (Wildman–Crippen MR) is 37.7 cm³/mol. The van der Waals surface area contributed by atoms with Crippen molar-refractivity contribution in [3.8, 4) is 0 Å². The maximum Gasteiger partial charge on any atom is 1.00 e. The molecule has 6 N–H and O–H groups in total. The normalized spacial score (nSPS) is 5.71. The first-order valence-corrected chi connectivity index (χ1v) is 3.38. The molecule has 0 aliphatic rings. The Morgan fingerprint density at radius 2 is 1.14 bits per heavy atom. The second-order valence-corrected chi connectivity index (χ2v) is 1.51.